The molecule has 0 radical (unpaired) electrons. The molecule has 7 heterocycles. The van der Waals surface area contributed by atoms with Gasteiger partial charge in [-0.05, 0) is 206 Å². The van der Waals surface area contributed by atoms with Gasteiger partial charge in [0, 0.05) is 91.2 Å². The molecule has 105 heavy (non-hydrogen) atoms. The van der Waals surface area contributed by atoms with E-state index in [-0.39, 0.29) is 5.82 Å². The molecule has 0 aliphatic rings. The molecule has 0 bridgehead atoms. The first kappa shape index (κ1) is 76.1. The molecule has 0 N–H and O–H groups in total. The van der Waals surface area contributed by atoms with Crippen LogP contribution >= 0.6 is 0 Å². The molecule has 0 aliphatic heterocycles. The van der Waals surface area contributed by atoms with Gasteiger partial charge in [0.25, 0.3) is 0 Å². The summed E-state index contributed by atoms with van der Waals surface area (Å²) in [4.78, 5) is 28.9. The minimum absolute atomic E-state index is 0.194. The maximum atomic E-state index is 12.7. The Hall–Kier alpha value is -13.0. The predicted molar refractivity (Wildman–Crippen MR) is 437 cm³/mol. The van der Waals surface area contributed by atoms with Crippen molar-refractivity contribution in [3.63, 3.8) is 0 Å². The van der Waals surface area contributed by atoms with E-state index >= 15 is 0 Å². The van der Waals surface area contributed by atoms with Crippen molar-refractivity contribution in [2.45, 2.75) is 55.4 Å². The monoisotopic (exact) mass is 1370 g/mol. The lowest BCUT2D eigenvalue weighted by Crippen LogP contribution is -1.84. The van der Waals surface area contributed by atoms with Gasteiger partial charge in [-0.15, -0.1) is 0 Å². The molecular formula is C97H88FN7. The van der Waals surface area contributed by atoms with E-state index in [0.29, 0.717) is 0 Å². The van der Waals surface area contributed by atoms with Crippen LogP contribution < -0.4 is 0 Å². The lowest BCUT2D eigenvalue weighted by atomic mass is 10.0. The van der Waals surface area contributed by atoms with Gasteiger partial charge < -0.3 is 0 Å². The normalized spacial score (nSPS) is 9.95. The minimum Gasteiger partial charge on any atom is -0.265 e. The molecule has 518 valence electrons. The summed E-state index contributed by atoms with van der Waals surface area (Å²) < 4.78 is 12.7. The Balaban J connectivity index is 0.000000139. The quantitative estimate of drug-likeness (QED) is 0.150. The summed E-state index contributed by atoms with van der Waals surface area (Å²) in [5.74, 6) is -0.194. The Bertz CT molecular complexity index is 4700. The molecule has 7 nitrogen and oxygen atoms in total. The zero-order valence-electron chi connectivity index (χ0n) is 61.0. The minimum atomic E-state index is -0.194. The summed E-state index contributed by atoms with van der Waals surface area (Å²) in [6.45, 7) is 16.7. The average molecular weight is 1370 g/mol. The third-order valence-corrected chi connectivity index (χ3v) is 16.6. The van der Waals surface area contributed by atoms with Crippen molar-refractivity contribution in [1.29, 1.82) is 0 Å². The van der Waals surface area contributed by atoms with E-state index in [1.807, 2.05) is 141 Å². The highest BCUT2D eigenvalue weighted by Crippen LogP contribution is 2.26. The number of aromatic nitrogens is 7. The molecule has 0 fully saturated rings. The fourth-order valence-corrected chi connectivity index (χ4v) is 10.8. The molecule has 0 unspecified atom stereocenters. The first-order valence-electron chi connectivity index (χ1n) is 34.9. The molecule has 16 rings (SSSR count). The number of hydrogen-bond donors (Lipinski definition) is 0. The number of benzene rings is 9. The van der Waals surface area contributed by atoms with Gasteiger partial charge in [-0.1, -0.05) is 277 Å². The van der Waals surface area contributed by atoms with Crippen LogP contribution in [-0.4, -0.2) is 34.9 Å². The molecule has 0 saturated heterocycles. The summed E-state index contributed by atoms with van der Waals surface area (Å²) in [6, 6.07) is 106. The molecule has 7 aromatic heterocycles. The Labute approximate surface area is 620 Å². The van der Waals surface area contributed by atoms with Crippen LogP contribution in [0.4, 0.5) is 4.39 Å². The summed E-state index contributed by atoms with van der Waals surface area (Å²) in [5, 5.41) is 0. The first-order chi connectivity index (χ1) is 51.3. The second-order valence-corrected chi connectivity index (χ2v) is 24.9. The van der Waals surface area contributed by atoms with Crippen LogP contribution in [0.15, 0.2) is 390 Å². The summed E-state index contributed by atoms with van der Waals surface area (Å²) >= 11 is 0. The van der Waals surface area contributed by atoms with Gasteiger partial charge in [0.2, 0.25) is 0 Å². The van der Waals surface area contributed by atoms with Gasteiger partial charge in [-0.3, -0.25) is 34.9 Å². The van der Waals surface area contributed by atoms with E-state index in [9.17, 15) is 4.39 Å². The Morgan fingerprint density at radius 2 is 0.524 bits per heavy atom. The van der Waals surface area contributed by atoms with Crippen molar-refractivity contribution in [2.75, 3.05) is 0 Å². The van der Waals surface area contributed by atoms with Crippen LogP contribution in [0.2, 0.25) is 0 Å². The van der Waals surface area contributed by atoms with E-state index in [1.54, 1.807) is 43.1 Å². The largest absolute Gasteiger partial charge is 0.265 e. The number of aryl methyl sites for hydroxylation is 8. The Kier molecular flexibility index (Phi) is 30.2. The Morgan fingerprint density at radius 1 is 0.200 bits per heavy atom. The number of pyridine rings is 7. The van der Waals surface area contributed by atoms with Gasteiger partial charge in [0.1, 0.15) is 5.82 Å². The van der Waals surface area contributed by atoms with E-state index in [0.717, 1.165) is 22.5 Å². The lowest BCUT2D eigenvalue weighted by Gasteiger charge is -2.03. The van der Waals surface area contributed by atoms with Gasteiger partial charge >= 0.3 is 0 Å². The highest BCUT2D eigenvalue weighted by atomic mass is 19.1. The van der Waals surface area contributed by atoms with Crippen LogP contribution in [0.25, 0.3) is 89.1 Å². The van der Waals surface area contributed by atoms with Crippen LogP contribution in [0, 0.1) is 61.2 Å². The van der Waals surface area contributed by atoms with E-state index in [4.69, 9.17) is 0 Å². The van der Waals surface area contributed by atoms with Gasteiger partial charge in [-0.2, -0.15) is 0 Å². The van der Waals surface area contributed by atoms with Crippen LogP contribution in [0.1, 0.15) is 44.6 Å². The van der Waals surface area contributed by atoms with Crippen molar-refractivity contribution >= 4 is 0 Å². The fourth-order valence-electron chi connectivity index (χ4n) is 10.8. The van der Waals surface area contributed by atoms with Gasteiger partial charge in [0.15, 0.2) is 0 Å². The Morgan fingerprint density at radius 3 is 0.895 bits per heavy atom. The second kappa shape index (κ2) is 41.6. The topological polar surface area (TPSA) is 90.2 Å². The standard InChI is InChI=1S/C13H11F.7C12H11N/c1-10-2-4-11(5-3-10)12-6-8-13(14)9-7-12;2*1-10-4-2-5-11(8-10)12-6-3-7-13-9-12;2*1-10-4-6-11(7-5-10)12-3-2-8-13-9-12;1-10-5-2-3-7-12(10)11-6-4-8-13-9-11;1-10-6-5-9-12(13-10)11-7-3-2-4-8-11;1-10-4-2-3-5-12(10)11-6-8-13-9-7-11/h2-9H,1H3;7*2-9H,1H3. The maximum absolute atomic E-state index is 12.7. The molecular weight excluding hydrogens is 1280 g/mol. The molecule has 0 spiro atoms. The third-order valence-electron chi connectivity index (χ3n) is 16.6. The molecule has 8 heteroatoms. The predicted octanol–water partition coefficient (Wildman–Crippen LogP) is 25.2. The first-order valence-corrected chi connectivity index (χ1v) is 34.9. The highest BCUT2D eigenvalue weighted by Gasteiger charge is 2.04. The van der Waals surface area contributed by atoms with Gasteiger partial charge in [0.05, 0.1) is 5.69 Å². The van der Waals surface area contributed by atoms with Crippen molar-refractivity contribution in [3.8, 4) is 89.1 Å². The number of hydrogen-bond acceptors (Lipinski definition) is 7. The zero-order valence-corrected chi connectivity index (χ0v) is 61.0. The fraction of sp³-hybridized carbons (Fsp3) is 0.0825. The van der Waals surface area contributed by atoms with Crippen molar-refractivity contribution < 1.29 is 4.39 Å². The summed E-state index contributed by atoms with van der Waals surface area (Å²) in [5.41, 5.74) is 28.9. The molecule has 0 amide bonds. The van der Waals surface area contributed by atoms with Crippen LogP contribution in [0.3, 0.4) is 0 Å². The van der Waals surface area contributed by atoms with Crippen molar-refractivity contribution in [3.05, 3.63) is 440 Å². The lowest BCUT2D eigenvalue weighted by molar-refractivity contribution is 0.628. The molecule has 9 aromatic carbocycles. The SMILES string of the molecule is Cc1ccc(-c2ccc(F)cc2)cc1.Cc1ccc(-c2cccnc2)cc1.Cc1ccc(-c2cccnc2)cc1.Cc1cccc(-c2ccccc2)n1.Cc1cccc(-c2cccnc2)c1.Cc1cccc(-c2cccnc2)c1.Cc1ccccc1-c1cccnc1.Cc1ccccc1-c1ccncc1. The van der Waals surface area contributed by atoms with Gasteiger partial charge in [-0.25, -0.2) is 4.39 Å². The van der Waals surface area contributed by atoms with E-state index in [2.05, 4.69) is 284 Å². The summed E-state index contributed by atoms with van der Waals surface area (Å²) in [6.07, 6.45) is 22.0. The molecule has 0 saturated carbocycles. The van der Waals surface area contributed by atoms with E-state index in [1.165, 1.54) is 123 Å². The molecule has 0 aliphatic carbocycles. The third kappa shape index (κ3) is 25.8. The van der Waals surface area contributed by atoms with Crippen LogP contribution in [0.5, 0.6) is 0 Å². The smallest absolute Gasteiger partial charge is 0.123 e. The maximum Gasteiger partial charge on any atom is 0.123 e. The van der Waals surface area contributed by atoms with E-state index < -0.39 is 0 Å². The van der Waals surface area contributed by atoms with Crippen molar-refractivity contribution in [2.24, 2.45) is 0 Å². The van der Waals surface area contributed by atoms with Crippen LogP contribution in [-0.2, 0) is 0 Å². The molecule has 16 aromatic rings. The number of halogens is 1. The zero-order chi connectivity index (χ0) is 73.6. The summed E-state index contributed by atoms with van der Waals surface area (Å²) in [7, 11) is 0. The average Bonchev–Trinajstić information content (AvgIpc) is 0.952. The number of rotatable bonds is 8. The second-order valence-electron chi connectivity index (χ2n) is 24.9. The number of nitrogens with zero attached hydrogens (tertiary/aromatic N) is 7. The highest BCUT2D eigenvalue weighted by molar-refractivity contribution is 5.69. The molecule has 0 atom stereocenters. The van der Waals surface area contributed by atoms with Crippen molar-refractivity contribution in [1.82, 2.24) is 34.9 Å².